The molecule has 0 aliphatic heterocycles. The van der Waals surface area contributed by atoms with Crippen LogP contribution in [0.5, 0.6) is 0 Å². The van der Waals surface area contributed by atoms with Gasteiger partial charge in [-0.05, 0) is 37.2 Å². The molecule has 1 aromatic carbocycles. The lowest BCUT2D eigenvalue weighted by Gasteiger charge is -2.24. The van der Waals surface area contributed by atoms with E-state index >= 15 is 0 Å². The van der Waals surface area contributed by atoms with Crippen LogP contribution in [0, 0.1) is 0 Å². The van der Waals surface area contributed by atoms with Gasteiger partial charge in [-0.1, -0.05) is 35.9 Å². The maximum absolute atomic E-state index is 10.3. The highest BCUT2D eigenvalue weighted by Crippen LogP contribution is 2.19. The Morgan fingerprint density at radius 3 is 2.00 bits per heavy atom. The largest absolute Gasteiger partial charge is 0.481 e. The van der Waals surface area contributed by atoms with Crippen LogP contribution in [0.15, 0.2) is 41.8 Å². The molecule has 9 nitrogen and oxygen atoms in total. The van der Waals surface area contributed by atoms with E-state index < -0.39 is 36.4 Å². The van der Waals surface area contributed by atoms with E-state index in [1.807, 2.05) is 23.5 Å². The molecule has 182 valence electrons. The van der Waals surface area contributed by atoms with Gasteiger partial charge in [-0.15, -0.1) is 11.3 Å². The molecule has 1 heterocycles. The molecule has 0 fully saturated rings. The van der Waals surface area contributed by atoms with Crippen LogP contribution in [-0.2, 0) is 27.5 Å². The maximum atomic E-state index is 10.3. The van der Waals surface area contributed by atoms with Crippen LogP contribution in [0.1, 0.15) is 23.3 Å². The second kappa shape index (κ2) is 13.9. The fraction of sp³-hybridized carbons (Fsp3) is 0.409. The van der Waals surface area contributed by atoms with Crippen LogP contribution in [0.4, 0.5) is 0 Å². The Kier molecular flexibility index (Phi) is 12.0. The lowest BCUT2D eigenvalue weighted by Crippen LogP contribution is -2.42. The fourth-order valence-electron chi connectivity index (χ4n) is 2.76. The van der Waals surface area contributed by atoms with Gasteiger partial charge in [0.15, 0.2) is 5.60 Å². The lowest BCUT2D eigenvalue weighted by molar-refractivity contribution is -0.170. The van der Waals surface area contributed by atoms with Crippen LogP contribution < -0.4 is 0 Å². The molecule has 0 aliphatic carbocycles. The molecule has 0 aliphatic rings. The van der Waals surface area contributed by atoms with Gasteiger partial charge in [0.05, 0.1) is 12.8 Å². The third kappa shape index (κ3) is 11.3. The van der Waals surface area contributed by atoms with E-state index in [0.29, 0.717) is 0 Å². The van der Waals surface area contributed by atoms with Crippen LogP contribution in [0.3, 0.4) is 0 Å². The van der Waals surface area contributed by atoms with Crippen LogP contribution >= 0.6 is 22.9 Å². The minimum atomic E-state index is -2.74. The summed E-state index contributed by atoms with van der Waals surface area (Å²) in [5.41, 5.74) is -1.54. The highest BCUT2D eigenvalue weighted by molar-refractivity contribution is 7.09. The van der Waals surface area contributed by atoms with Crippen LogP contribution in [-0.4, -0.2) is 80.9 Å². The van der Waals surface area contributed by atoms with E-state index in [-0.39, 0.29) is 0 Å². The van der Waals surface area contributed by atoms with Gasteiger partial charge in [0.1, 0.15) is 0 Å². The van der Waals surface area contributed by atoms with Crippen molar-refractivity contribution in [2.75, 3.05) is 27.2 Å². The number of carboxylic acid groups (broad SMARTS) is 3. The number of hydrogen-bond acceptors (Lipinski definition) is 7. The molecule has 0 bridgehead atoms. The van der Waals surface area contributed by atoms with Crippen molar-refractivity contribution in [2.45, 2.75) is 31.5 Å². The fourth-order valence-corrected chi connectivity index (χ4v) is 3.70. The second-order valence-corrected chi connectivity index (χ2v) is 9.10. The normalized spacial score (nSPS) is 11.2. The Labute approximate surface area is 201 Å². The zero-order chi connectivity index (χ0) is 25.0. The quantitative estimate of drug-likeness (QED) is 0.346. The van der Waals surface area contributed by atoms with Gasteiger partial charge in [0.2, 0.25) is 0 Å². The van der Waals surface area contributed by atoms with E-state index in [1.54, 1.807) is 0 Å². The summed E-state index contributed by atoms with van der Waals surface area (Å²) in [4.78, 5) is 36.6. The summed E-state index contributed by atoms with van der Waals surface area (Å²) in [5.74, 6) is -5.02. The van der Waals surface area contributed by atoms with Crippen molar-refractivity contribution >= 4 is 40.8 Å². The Bertz CT molecular complexity index is 890. The monoisotopic (exact) mass is 500 g/mol. The summed E-state index contributed by atoms with van der Waals surface area (Å²) in [6.07, 6.45) is -2.29. The van der Waals surface area contributed by atoms with E-state index in [0.717, 1.165) is 31.2 Å². The summed E-state index contributed by atoms with van der Waals surface area (Å²) in [5, 5.41) is 36.8. The van der Waals surface area contributed by atoms with Gasteiger partial charge in [-0.3, -0.25) is 14.5 Å². The first kappa shape index (κ1) is 28.5. The smallest absolute Gasteiger partial charge is 0.336 e. The first-order valence-corrected chi connectivity index (χ1v) is 11.2. The number of thiophene rings is 1. The second-order valence-electron chi connectivity index (χ2n) is 7.66. The van der Waals surface area contributed by atoms with Gasteiger partial charge in [-0.2, -0.15) is 0 Å². The molecule has 0 radical (unpaired) electrons. The van der Waals surface area contributed by atoms with Crippen molar-refractivity contribution in [1.29, 1.82) is 0 Å². The van der Waals surface area contributed by atoms with E-state index in [2.05, 4.69) is 53.5 Å². The van der Waals surface area contributed by atoms with Crippen molar-refractivity contribution < 1.29 is 34.8 Å². The Morgan fingerprint density at radius 2 is 1.55 bits per heavy atom. The van der Waals surface area contributed by atoms with Crippen molar-refractivity contribution in [3.05, 3.63) is 57.2 Å². The zero-order valence-corrected chi connectivity index (χ0v) is 20.1. The molecule has 2 aromatic rings. The third-order valence-corrected chi connectivity index (χ3v) is 5.69. The minimum absolute atomic E-state index is 0.855. The average molecular weight is 501 g/mol. The van der Waals surface area contributed by atoms with Gasteiger partial charge in [0, 0.05) is 36.1 Å². The molecular weight excluding hydrogens is 472 g/mol. The first-order valence-electron chi connectivity index (χ1n) is 9.95. The lowest BCUT2D eigenvalue weighted by atomic mass is 9.96. The molecule has 0 spiro atoms. The summed E-state index contributed by atoms with van der Waals surface area (Å²) >= 11 is 8.09. The Balaban J connectivity index is 0.000000366. The number of hydrogen-bond donors (Lipinski definition) is 4. The summed E-state index contributed by atoms with van der Waals surface area (Å²) in [6, 6.07) is 12.4. The van der Waals surface area contributed by atoms with Gasteiger partial charge >= 0.3 is 17.9 Å². The molecule has 1 aromatic heterocycles. The number of nitrogens with zero attached hydrogens (tertiary/aromatic N) is 2. The van der Waals surface area contributed by atoms with Crippen LogP contribution in [0.2, 0.25) is 5.02 Å². The van der Waals surface area contributed by atoms with E-state index in [1.165, 1.54) is 10.4 Å². The number of carboxylic acids is 3. The topological polar surface area (TPSA) is 139 Å². The number of aliphatic hydroxyl groups is 1. The van der Waals surface area contributed by atoms with Crippen molar-refractivity contribution in [2.24, 2.45) is 0 Å². The number of carbonyl (C=O) groups is 3. The van der Waals surface area contributed by atoms with Gasteiger partial charge in [0.25, 0.3) is 0 Å². The number of halogens is 1. The predicted octanol–water partition coefficient (Wildman–Crippen LogP) is 2.72. The number of benzene rings is 1. The summed E-state index contributed by atoms with van der Waals surface area (Å²) < 4.78 is 0. The van der Waals surface area contributed by atoms with Gasteiger partial charge in [-0.25, -0.2) is 4.79 Å². The minimum Gasteiger partial charge on any atom is -0.481 e. The van der Waals surface area contributed by atoms with E-state index in [9.17, 15) is 14.4 Å². The van der Waals surface area contributed by atoms with Crippen molar-refractivity contribution in [3.63, 3.8) is 0 Å². The van der Waals surface area contributed by atoms with Crippen LogP contribution in [0.25, 0.3) is 0 Å². The summed E-state index contributed by atoms with van der Waals surface area (Å²) in [6.45, 7) is 3.97. The highest BCUT2D eigenvalue weighted by Gasteiger charge is 2.40. The maximum Gasteiger partial charge on any atom is 0.336 e. The highest BCUT2D eigenvalue weighted by atomic mass is 35.5. The zero-order valence-electron chi connectivity index (χ0n) is 18.5. The Hall–Kier alpha value is -2.50. The third-order valence-electron chi connectivity index (χ3n) is 4.46. The van der Waals surface area contributed by atoms with Crippen molar-refractivity contribution in [1.82, 2.24) is 9.80 Å². The SMILES string of the molecule is CN(C)CCN(Cc1cccs1)Cc1ccccc1Cl.O=C(O)CC(O)(CC(=O)O)C(=O)O. The molecule has 0 unspecified atom stereocenters. The molecule has 0 saturated carbocycles. The number of rotatable bonds is 12. The summed E-state index contributed by atoms with van der Waals surface area (Å²) in [7, 11) is 4.22. The first-order chi connectivity index (χ1) is 15.4. The van der Waals surface area contributed by atoms with Gasteiger partial charge < -0.3 is 25.3 Å². The molecule has 0 amide bonds. The molecule has 33 heavy (non-hydrogen) atoms. The molecule has 4 N–H and O–H groups in total. The van der Waals surface area contributed by atoms with E-state index in [4.69, 9.17) is 32.0 Å². The number of likely N-dealkylation sites (N-methyl/N-ethyl adjacent to an activating group) is 1. The molecule has 0 saturated heterocycles. The molecule has 2 rings (SSSR count). The Morgan fingerprint density at radius 1 is 0.939 bits per heavy atom. The molecule has 0 atom stereocenters. The molecule has 11 heteroatoms. The predicted molar refractivity (Wildman–Crippen MR) is 126 cm³/mol. The molecular formula is C22H29ClN2O7S. The standard InChI is InChI=1S/C16H21ClN2S.C6H8O7/c1-18(2)9-10-19(13-15-7-5-11-20-15)12-14-6-3-4-8-16(14)17;7-3(8)1-6(13,5(11)12)2-4(9)10/h3-8,11H,9-10,12-13H2,1-2H3;13H,1-2H2,(H,7,8)(H,9,10)(H,11,12). The average Bonchev–Trinajstić information content (AvgIpc) is 3.20. The number of aliphatic carboxylic acids is 3. The van der Waals surface area contributed by atoms with Crippen molar-refractivity contribution in [3.8, 4) is 0 Å².